The van der Waals surface area contributed by atoms with Crippen LogP contribution in [0, 0.1) is 5.92 Å². The van der Waals surface area contributed by atoms with Gasteiger partial charge in [-0.15, -0.1) is 0 Å². The lowest BCUT2D eigenvalue weighted by Crippen LogP contribution is -2.42. The van der Waals surface area contributed by atoms with Gasteiger partial charge >= 0.3 is 12.0 Å². The second kappa shape index (κ2) is 9.35. The highest BCUT2D eigenvalue weighted by Crippen LogP contribution is 2.16. The fourth-order valence-electron chi connectivity index (χ4n) is 1.79. The van der Waals surface area contributed by atoms with Gasteiger partial charge in [-0.05, 0) is 18.1 Å². The first-order valence-electron chi connectivity index (χ1n) is 8.04. The van der Waals surface area contributed by atoms with E-state index in [4.69, 9.17) is 13.7 Å². The van der Waals surface area contributed by atoms with E-state index in [0.29, 0.717) is 12.3 Å². The number of hydrogen-bond donors (Lipinski definition) is 2. The molecule has 0 spiro atoms. The van der Waals surface area contributed by atoms with Gasteiger partial charge in [0.1, 0.15) is 0 Å². The van der Waals surface area contributed by atoms with Crippen LogP contribution >= 0.6 is 0 Å². The van der Waals surface area contributed by atoms with E-state index in [1.165, 1.54) is 6.26 Å². The molecular weight excluding hydrogens is 344 g/mol. The summed E-state index contributed by atoms with van der Waals surface area (Å²) in [5, 5.41) is 8.31. The zero-order valence-electron chi connectivity index (χ0n) is 14.5. The van der Waals surface area contributed by atoms with Crippen LogP contribution in [-0.2, 0) is 20.7 Å². The van der Waals surface area contributed by atoms with Crippen molar-refractivity contribution in [3.8, 4) is 11.6 Å². The van der Waals surface area contributed by atoms with E-state index in [0.717, 1.165) is 0 Å². The van der Waals surface area contributed by atoms with Crippen LogP contribution in [0.5, 0.6) is 0 Å². The minimum atomic E-state index is -0.711. The van der Waals surface area contributed by atoms with Gasteiger partial charge in [0.15, 0.2) is 12.4 Å². The number of aryl methyl sites for hydroxylation is 1. The van der Waals surface area contributed by atoms with E-state index < -0.39 is 24.5 Å². The highest BCUT2D eigenvalue weighted by Gasteiger charge is 2.14. The smallest absolute Gasteiger partial charge is 0.321 e. The van der Waals surface area contributed by atoms with E-state index in [1.807, 2.05) is 13.8 Å². The highest BCUT2D eigenvalue weighted by atomic mass is 16.5. The zero-order valence-corrected chi connectivity index (χ0v) is 14.5. The van der Waals surface area contributed by atoms with Gasteiger partial charge in [-0.25, -0.2) is 4.79 Å². The van der Waals surface area contributed by atoms with Crippen LogP contribution in [0.15, 0.2) is 27.3 Å². The van der Waals surface area contributed by atoms with Gasteiger partial charge in [-0.3, -0.25) is 14.9 Å². The van der Waals surface area contributed by atoms with Crippen molar-refractivity contribution in [1.29, 1.82) is 0 Å². The lowest BCUT2D eigenvalue weighted by atomic mass is 10.2. The molecule has 2 rings (SSSR count). The number of carbonyl (C=O) groups is 3. The third kappa shape index (κ3) is 6.38. The molecule has 2 N–H and O–H groups in total. The molecule has 2 aromatic heterocycles. The minimum absolute atomic E-state index is 0.0490. The molecule has 0 aliphatic carbocycles. The number of rotatable bonds is 8. The average Bonchev–Trinajstić information content (AvgIpc) is 3.27. The lowest BCUT2D eigenvalue weighted by molar-refractivity contribution is -0.148. The van der Waals surface area contributed by atoms with E-state index in [2.05, 4.69) is 20.8 Å². The quantitative estimate of drug-likeness (QED) is 0.669. The van der Waals surface area contributed by atoms with Gasteiger partial charge < -0.3 is 19.0 Å². The third-order valence-corrected chi connectivity index (χ3v) is 3.04. The van der Waals surface area contributed by atoms with Gasteiger partial charge in [-0.2, -0.15) is 4.98 Å². The molecule has 10 nitrogen and oxygen atoms in total. The molecule has 10 heteroatoms. The van der Waals surface area contributed by atoms with E-state index in [1.54, 1.807) is 12.1 Å². The molecule has 0 aromatic carbocycles. The first-order valence-corrected chi connectivity index (χ1v) is 8.04. The number of aromatic nitrogens is 2. The molecular formula is C16H20N4O6. The summed E-state index contributed by atoms with van der Waals surface area (Å²) in [6.45, 7) is 3.73. The number of ether oxygens (including phenoxy) is 1. The summed E-state index contributed by atoms with van der Waals surface area (Å²) in [5.74, 6) is -0.101. The van der Waals surface area contributed by atoms with Crippen LogP contribution in [0.3, 0.4) is 0 Å². The molecule has 0 aliphatic rings. The second-order valence-electron chi connectivity index (χ2n) is 5.80. The Morgan fingerprint density at radius 3 is 2.81 bits per heavy atom. The van der Waals surface area contributed by atoms with Crippen molar-refractivity contribution in [3.05, 3.63) is 24.3 Å². The molecule has 0 aliphatic heterocycles. The summed E-state index contributed by atoms with van der Waals surface area (Å²) in [5.41, 5.74) is 0. The summed E-state index contributed by atoms with van der Waals surface area (Å²) in [4.78, 5) is 38.6. The van der Waals surface area contributed by atoms with Crippen LogP contribution in [0.25, 0.3) is 11.6 Å². The van der Waals surface area contributed by atoms with Crippen LogP contribution in [0.2, 0.25) is 0 Å². The zero-order chi connectivity index (χ0) is 18.9. The SMILES string of the molecule is CC(C)CNC(=O)NC(=O)COC(=O)CCc1nc(-c2ccco2)no1. The van der Waals surface area contributed by atoms with Crippen molar-refractivity contribution >= 4 is 17.9 Å². The molecule has 0 fully saturated rings. The van der Waals surface area contributed by atoms with E-state index >= 15 is 0 Å². The summed E-state index contributed by atoms with van der Waals surface area (Å²) in [7, 11) is 0. The summed E-state index contributed by atoms with van der Waals surface area (Å²) in [6.07, 6.45) is 1.59. The molecule has 140 valence electrons. The van der Waals surface area contributed by atoms with Crippen molar-refractivity contribution in [2.45, 2.75) is 26.7 Å². The molecule has 0 saturated heterocycles. The first-order chi connectivity index (χ1) is 12.4. The Hall–Kier alpha value is -3.17. The van der Waals surface area contributed by atoms with Gasteiger partial charge in [0.05, 0.1) is 12.7 Å². The molecule has 0 atom stereocenters. The number of urea groups is 1. The number of nitrogens with zero attached hydrogens (tertiary/aromatic N) is 2. The number of esters is 1. The lowest BCUT2D eigenvalue weighted by Gasteiger charge is -2.08. The standard InChI is InChI=1S/C16H20N4O6/c1-10(2)8-17-16(23)18-12(21)9-25-14(22)6-5-13-19-15(20-26-13)11-4-3-7-24-11/h3-4,7,10H,5-6,8-9H2,1-2H3,(H2,17,18,21,23). The fourth-order valence-corrected chi connectivity index (χ4v) is 1.79. The maximum absolute atomic E-state index is 11.6. The normalized spacial score (nSPS) is 10.6. The fraction of sp³-hybridized carbons (Fsp3) is 0.438. The highest BCUT2D eigenvalue weighted by molar-refractivity contribution is 5.95. The topological polar surface area (TPSA) is 137 Å². The number of imide groups is 1. The van der Waals surface area contributed by atoms with E-state index in [-0.39, 0.29) is 30.5 Å². The summed E-state index contributed by atoms with van der Waals surface area (Å²) >= 11 is 0. The maximum atomic E-state index is 11.6. The summed E-state index contributed by atoms with van der Waals surface area (Å²) < 4.78 is 14.9. The van der Waals surface area contributed by atoms with Gasteiger partial charge in [0.25, 0.3) is 5.91 Å². The average molecular weight is 364 g/mol. The Bertz CT molecular complexity index is 738. The Morgan fingerprint density at radius 2 is 2.12 bits per heavy atom. The third-order valence-electron chi connectivity index (χ3n) is 3.04. The Labute approximate surface area is 149 Å². The Balaban J connectivity index is 1.66. The van der Waals surface area contributed by atoms with Crippen molar-refractivity contribution < 1.29 is 28.1 Å². The molecule has 2 aromatic rings. The number of amides is 3. The Morgan fingerprint density at radius 1 is 1.31 bits per heavy atom. The van der Waals surface area contributed by atoms with Gasteiger partial charge in [0, 0.05) is 13.0 Å². The summed E-state index contributed by atoms with van der Waals surface area (Å²) in [6, 6.07) is 2.74. The Kier molecular flexibility index (Phi) is 6.89. The minimum Gasteiger partial charge on any atom is -0.461 e. The molecule has 2 heterocycles. The number of nitrogens with one attached hydrogen (secondary N) is 2. The van der Waals surface area contributed by atoms with Crippen molar-refractivity contribution in [1.82, 2.24) is 20.8 Å². The van der Waals surface area contributed by atoms with Gasteiger partial charge in [-0.1, -0.05) is 19.0 Å². The molecule has 26 heavy (non-hydrogen) atoms. The molecule has 0 unspecified atom stereocenters. The van der Waals surface area contributed by atoms with Crippen LogP contribution in [-0.4, -0.2) is 41.2 Å². The number of hydrogen-bond acceptors (Lipinski definition) is 8. The van der Waals surface area contributed by atoms with Crippen LogP contribution in [0.1, 0.15) is 26.2 Å². The van der Waals surface area contributed by atoms with Crippen LogP contribution < -0.4 is 10.6 Å². The molecule has 0 radical (unpaired) electrons. The second-order valence-corrected chi connectivity index (χ2v) is 5.80. The number of furan rings is 1. The van der Waals surface area contributed by atoms with Crippen molar-refractivity contribution in [3.63, 3.8) is 0 Å². The number of carbonyl (C=O) groups excluding carboxylic acids is 3. The van der Waals surface area contributed by atoms with Crippen LogP contribution in [0.4, 0.5) is 4.79 Å². The molecule has 3 amide bonds. The predicted molar refractivity (Wildman–Crippen MR) is 87.7 cm³/mol. The largest absolute Gasteiger partial charge is 0.461 e. The molecule has 0 saturated carbocycles. The maximum Gasteiger partial charge on any atom is 0.321 e. The van der Waals surface area contributed by atoms with Gasteiger partial charge in [0.2, 0.25) is 11.7 Å². The monoisotopic (exact) mass is 364 g/mol. The first kappa shape index (κ1) is 19.2. The predicted octanol–water partition coefficient (Wildman–Crippen LogP) is 1.29. The van der Waals surface area contributed by atoms with E-state index in [9.17, 15) is 14.4 Å². The van der Waals surface area contributed by atoms with Crippen molar-refractivity contribution in [2.75, 3.05) is 13.2 Å². The molecule has 0 bridgehead atoms. The van der Waals surface area contributed by atoms with Crippen molar-refractivity contribution in [2.24, 2.45) is 5.92 Å².